The van der Waals surface area contributed by atoms with Crippen LogP contribution in [0.15, 0.2) is 30.3 Å². The third-order valence-electron chi connectivity index (χ3n) is 3.10. The van der Waals surface area contributed by atoms with Crippen LogP contribution in [-0.2, 0) is 9.59 Å². The standard InChI is InChI=1S/C15H22N2O4/c1-15(2,10-18)13(20)14(21)16-9-8-12(19)17-11-6-4-3-5-7-11/h3-7,13,18,20H,8-10H2,1-2H3,(H,16,21)(H,17,19)/t13-/m0/s1. The number of hydrogen-bond donors (Lipinski definition) is 4. The van der Waals surface area contributed by atoms with Crippen molar-refractivity contribution >= 4 is 17.5 Å². The van der Waals surface area contributed by atoms with Crippen LogP contribution in [0, 0.1) is 5.41 Å². The van der Waals surface area contributed by atoms with Crippen LogP contribution in [0.1, 0.15) is 20.3 Å². The number of carbonyl (C=O) groups is 2. The molecule has 0 spiro atoms. The second-order valence-electron chi connectivity index (χ2n) is 5.50. The molecule has 2 amide bonds. The summed E-state index contributed by atoms with van der Waals surface area (Å²) in [6, 6.07) is 9.00. The van der Waals surface area contributed by atoms with E-state index in [1.807, 2.05) is 18.2 Å². The molecule has 1 rings (SSSR count). The molecule has 6 nitrogen and oxygen atoms in total. The predicted octanol–water partition coefficient (Wildman–Crippen LogP) is 0.511. The Labute approximate surface area is 124 Å². The van der Waals surface area contributed by atoms with Crippen molar-refractivity contribution in [2.24, 2.45) is 5.41 Å². The van der Waals surface area contributed by atoms with E-state index in [0.717, 1.165) is 0 Å². The highest BCUT2D eigenvalue weighted by Gasteiger charge is 2.32. The molecule has 0 aromatic heterocycles. The van der Waals surface area contributed by atoms with E-state index in [-0.39, 0.29) is 25.5 Å². The summed E-state index contributed by atoms with van der Waals surface area (Å²) in [7, 11) is 0. The van der Waals surface area contributed by atoms with Crippen LogP contribution in [0.4, 0.5) is 5.69 Å². The summed E-state index contributed by atoms with van der Waals surface area (Å²) in [5.41, 5.74) is -0.230. The smallest absolute Gasteiger partial charge is 0.249 e. The molecule has 0 fully saturated rings. The summed E-state index contributed by atoms with van der Waals surface area (Å²) in [4.78, 5) is 23.3. The highest BCUT2D eigenvalue weighted by molar-refractivity contribution is 5.91. The highest BCUT2D eigenvalue weighted by Crippen LogP contribution is 2.19. The fourth-order valence-electron chi connectivity index (χ4n) is 1.58. The topological polar surface area (TPSA) is 98.7 Å². The summed E-state index contributed by atoms with van der Waals surface area (Å²) < 4.78 is 0. The van der Waals surface area contributed by atoms with E-state index in [1.54, 1.807) is 26.0 Å². The minimum Gasteiger partial charge on any atom is -0.396 e. The van der Waals surface area contributed by atoms with Gasteiger partial charge in [-0.15, -0.1) is 0 Å². The van der Waals surface area contributed by atoms with E-state index in [4.69, 9.17) is 5.11 Å². The van der Waals surface area contributed by atoms with Gasteiger partial charge in [0.1, 0.15) is 6.10 Å². The van der Waals surface area contributed by atoms with E-state index in [0.29, 0.717) is 5.69 Å². The molecule has 1 atom stereocenters. The number of anilines is 1. The first-order valence-electron chi connectivity index (χ1n) is 6.78. The molecule has 0 heterocycles. The SMILES string of the molecule is CC(C)(CO)[C@@H](O)C(=O)NCCC(=O)Nc1ccccc1. The van der Waals surface area contributed by atoms with Crippen LogP contribution >= 0.6 is 0 Å². The van der Waals surface area contributed by atoms with Crippen molar-refractivity contribution in [1.82, 2.24) is 5.32 Å². The van der Waals surface area contributed by atoms with Gasteiger partial charge in [0.05, 0.1) is 6.61 Å². The highest BCUT2D eigenvalue weighted by atomic mass is 16.3. The van der Waals surface area contributed by atoms with Crippen molar-refractivity contribution in [3.63, 3.8) is 0 Å². The van der Waals surface area contributed by atoms with Gasteiger partial charge in [-0.05, 0) is 12.1 Å². The molecule has 0 bridgehead atoms. The van der Waals surface area contributed by atoms with E-state index >= 15 is 0 Å². The fraction of sp³-hybridized carbons (Fsp3) is 0.467. The molecule has 21 heavy (non-hydrogen) atoms. The lowest BCUT2D eigenvalue weighted by Gasteiger charge is -2.27. The Kier molecular flexibility index (Phi) is 6.33. The summed E-state index contributed by atoms with van der Waals surface area (Å²) >= 11 is 0. The first-order valence-corrected chi connectivity index (χ1v) is 6.78. The number of aliphatic hydroxyl groups excluding tert-OH is 2. The van der Waals surface area contributed by atoms with Gasteiger partial charge in [0.2, 0.25) is 11.8 Å². The van der Waals surface area contributed by atoms with Gasteiger partial charge in [0, 0.05) is 24.1 Å². The molecule has 0 aliphatic rings. The quantitative estimate of drug-likeness (QED) is 0.589. The Morgan fingerprint density at radius 2 is 1.86 bits per heavy atom. The van der Waals surface area contributed by atoms with E-state index < -0.39 is 17.4 Å². The largest absolute Gasteiger partial charge is 0.396 e. The lowest BCUT2D eigenvalue weighted by Crippen LogP contribution is -2.46. The van der Waals surface area contributed by atoms with Crippen molar-refractivity contribution in [3.05, 3.63) is 30.3 Å². The van der Waals surface area contributed by atoms with E-state index in [9.17, 15) is 14.7 Å². The van der Waals surface area contributed by atoms with Crippen LogP contribution < -0.4 is 10.6 Å². The summed E-state index contributed by atoms with van der Waals surface area (Å²) in [6.07, 6.45) is -1.22. The monoisotopic (exact) mass is 294 g/mol. The average Bonchev–Trinajstić information content (AvgIpc) is 2.47. The lowest BCUT2D eigenvalue weighted by atomic mass is 9.87. The number of hydrogen-bond acceptors (Lipinski definition) is 4. The Morgan fingerprint density at radius 1 is 1.24 bits per heavy atom. The Bertz CT molecular complexity index is 474. The minimum atomic E-state index is -1.32. The van der Waals surface area contributed by atoms with Crippen LogP contribution in [-0.4, -0.2) is 41.3 Å². The average molecular weight is 294 g/mol. The Morgan fingerprint density at radius 3 is 2.43 bits per heavy atom. The number of aliphatic hydroxyl groups is 2. The van der Waals surface area contributed by atoms with E-state index in [2.05, 4.69) is 10.6 Å². The number of para-hydroxylation sites is 1. The fourth-order valence-corrected chi connectivity index (χ4v) is 1.58. The van der Waals surface area contributed by atoms with Gasteiger partial charge in [-0.25, -0.2) is 0 Å². The van der Waals surface area contributed by atoms with Gasteiger partial charge in [-0.3, -0.25) is 9.59 Å². The lowest BCUT2D eigenvalue weighted by molar-refractivity contribution is -0.137. The Balaban J connectivity index is 2.33. The second-order valence-corrected chi connectivity index (χ2v) is 5.50. The van der Waals surface area contributed by atoms with Crippen LogP contribution in [0.5, 0.6) is 0 Å². The van der Waals surface area contributed by atoms with Gasteiger partial charge in [-0.1, -0.05) is 32.0 Å². The normalized spacial score (nSPS) is 12.6. The second kappa shape index (κ2) is 7.75. The zero-order valence-electron chi connectivity index (χ0n) is 12.3. The number of carbonyl (C=O) groups excluding carboxylic acids is 2. The molecule has 6 heteroatoms. The first kappa shape index (κ1) is 17.1. The van der Waals surface area contributed by atoms with Crippen molar-refractivity contribution in [2.45, 2.75) is 26.4 Å². The van der Waals surface area contributed by atoms with Gasteiger partial charge in [0.25, 0.3) is 0 Å². The molecule has 116 valence electrons. The van der Waals surface area contributed by atoms with E-state index in [1.165, 1.54) is 0 Å². The van der Waals surface area contributed by atoms with Crippen LogP contribution in [0.2, 0.25) is 0 Å². The molecule has 0 radical (unpaired) electrons. The number of amides is 2. The molecule has 0 saturated heterocycles. The maximum Gasteiger partial charge on any atom is 0.249 e. The van der Waals surface area contributed by atoms with Gasteiger partial charge < -0.3 is 20.8 Å². The molecule has 1 aromatic carbocycles. The molecule has 1 aromatic rings. The van der Waals surface area contributed by atoms with Crippen molar-refractivity contribution in [1.29, 1.82) is 0 Å². The first-order chi connectivity index (χ1) is 9.86. The molecule has 0 aliphatic carbocycles. The van der Waals surface area contributed by atoms with Crippen molar-refractivity contribution < 1.29 is 19.8 Å². The maximum absolute atomic E-state index is 11.7. The van der Waals surface area contributed by atoms with Crippen molar-refractivity contribution in [3.8, 4) is 0 Å². The van der Waals surface area contributed by atoms with Crippen molar-refractivity contribution in [2.75, 3.05) is 18.5 Å². The third kappa shape index (κ3) is 5.53. The number of rotatable bonds is 7. The van der Waals surface area contributed by atoms with Gasteiger partial charge in [0.15, 0.2) is 0 Å². The predicted molar refractivity (Wildman–Crippen MR) is 79.6 cm³/mol. The van der Waals surface area contributed by atoms with Crippen LogP contribution in [0.25, 0.3) is 0 Å². The Hall–Kier alpha value is -1.92. The molecular formula is C15H22N2O4. The van der Waals surface area contributed by atoms with Gasteiger partial charge in [-0.2, -0.15) is 0 Å². The molecule has 4 N–H and O–H groups in total. The third-order valence-corrected chi connectivity index (χ3v) is 3.10. The summed E-state index contributed by atoms with van der Waals surface area (Å²) in [5, 5.41) is 24.0. The zero-order chi connectivity index (χ0) is 15.9. The number of nitrogens with one attached hydrogen (secondary N) is 2. The molecule has 0 unspecified atom stereocenters. The molecular weight excluding hydrogens is 272 g/mol. The van der Waals surface area contributed by atoms with Crippen LogP contribution in [0.3, 0.4) is 0 Å². The molecule has 0 aliphatic heterocycles. The summed E-state index contributed by atoms with van der Waals surface area (Å²) in [5.74, 6) is -0.820. The zero-order valence-corrected chi connectivity index (χ0v) is 12.3. The maximum atomic E-state index is 11.7. The minimum absolute atomic E-state index is 0.104. The van der Waals surface area contributed by atoms with Gasteiger partial charge >= 0.3 is 0 Å². The summed E-state index contributed by atoms with van der Waals surface area (Å²) in [6.45, 7) is 2.98. The molecule has 0 saturated carbocycles. The number of benzene rings is 1.